The third kappa shape index (κ3) is 3.03. The predicted molar refractivity (Wildman–Crippen MR) is 75.9 cm³/mol. The van der Waals surface area contributed by atoms with Crippen LogP contribution in [0, 0.1) is 0 Å². The zero-order valence-electron chi connectivity index (χ0n) is 11.5. The molecular formula is C15H24N2O. The normalized spacial score (nSPS) is 17.9. The molecule has 0 atom stereocenters. The van der Waals surface area contributed by atoms with Gasteiger partial charge in [0.05, 0.1) is 6.61 Å². The van der Waals surface area contributed by atoms with E-state index in [0.717, 1.165) is 5.56 Å². The molecule has 18 heavy (non-hydrogen) atoms. The first-order valence-electron chi connectivity index (χ1n) is 6.89. The molecule has 1 aliphatic heterocycles. The first kappa shape index (κ1) is 13.4. The average Bonchev–Trinajstić information content (AvgIpc) is 2.47. The van der Waals surface area contributed by atoms with Crippen LogP contribution < -0.4 is 4.90 Å². The molecule has 3 heteroatoms. The third-order valence-electron chi connectivity index (χ3n) is 4.08. The zero-order chi connectivity index (χ0) is 13.0. The Balaban J connectivity index is 1.96. The molecule has 0 bridgehead atoms. The first-order chi connectivity index (χ1) is 8.74. The molecule has 100 valence electrons. The Morgan fingerprint density at radius 2 is 1.83 bits per heavy atom. The fraction of sp³-hybridized carbons (Fsp3) is 0.600. The van der Waals surface area contributed by atoms with E-state index in [0.29, 0.717) is 6.04 Å². The summed E-state index contributed by atoms with van der Waals surface area (Å²) < 4.78 is 0. The van der Waals surface area contributed by atoms with Crippen LogP contribution in [0.2, 0.25) is 0 Å². The fourth-order valence-electron chi connectivity index (χ4n) is 2.67. The molecule has 0 spiro atoms. The molecule has 1 aromatic rings. The highest BCUT2D eigenvalue weighted by atomic mass is 16.3. The monoisotopic (exact) mass is 248 g/mol. The Morgan fingerprint density at radius 3 is 2.33 bits per heavy atom. The Hall–Kier alpha value is -1.06. The molecule has 1 saturated heterocycles. The summed E-state index contributed by atoms with van der Waals surface area (Å²) in [7, 11) is 2.18. The van der Waals surface area contributed by atoms with Gasteiger partial charge in [-0.25, -0.2) is 0 Å². The van der Waals surface area contributed by atoms with E-state index in [1.165, 1.54) is 38.2 Å². The Kier molecular flexibility index (Phi) is 4.61. The van der Waals surface area contributed by atoms with Gasteiger partial charge in [-0.1, -0.05) is 19.1 Å². The van der Waals surface area contributed by atoms with Crippen molar-refractivity contribution in [3.63, 3.8) is 0 Å². The summed E-state index contributed by atoms with van der Waals surface area (Å²) in [6.07, 6.45) is 2.48. The van der Waals surface area contributed by atoms with Gasteiger partial charge in [0.25, 0.3) is 0 Å². The number of piperidine rings is 1. The van der Waals surface area contributed by atoms with Crippen LogP contribution in [0.5, 0.6) is 0 Å². The lowest BCUT2D eigenvalue weighted by Gasteiger charge is -2.37. The van der Waals surface area contributed by atoms with Crippen LogP contribution >= 0.6 is 0 Å². The molecule has 1 fully saturated rings. The van der Waals surface area contributed by atoms with Crippen molar-refractivity contribution >= 4 is 5.69 Å². The molecule has 3 nitrogen and oxygen atoms in total. The maximum atomic E-state index is 9.05. The number of nitrogens with zero attached hydrogens (tertiary/aromatic N) is 2. The highest BCUT2D eigenvalue weighted by molar-refractivity contribution is 5.47. The van der Waals surface area contributed by atoms with E-state index in [9.17, 15) is 0 Å². The first-order valence-corrected chi connectivity index (χ1v) is 6.89. The van der Waals surface area contributed by atoms with E-state index < -0.39 is 0 Å². The second-order valence-electron chi connectivity index (χ2n) is 5.10. The SMILES string of the molecule is CCN1CCC(N(C)c2ccc(CO)cc2)CC1. The van der Waals surface area contributed by atoms with E-state index in [1.54, 1.807) is 0 Å². The fourth-order valence-corrected chi connectivity index (χ4v) is 2.67. The number of rotatable bonds is 4. The maximum absolute atomic E-state index is 9.05. The van der Waals surface area contributed by atoms with Gasteiger partial charge in [-0.05, 0) is 37.1 Å². The van der Waals surface area contributed by atoms with Crippen molar-refractivity contribution in [2.75, 3.05) is 31.6 Å². The summed E-state index contributed by atoms with van der Waals surface area (Å²) in [5, 5.41) is 9.05. The summed E-state index contributed by atoms with van der Waals surface area (Å²) in [6, 6.07) is 8.88. The molecule has 0 saturated carbocycles. The van der Waals surface area contributed by atoms with E-state index in [-0.39, 0.29) is 6.61 Å². The third-order valence-corrected chi connectivity index (χ3v) is 4.08. The molecule has 0 amide bonds. The topological polar surface area (TPSA) is 26.7 Å². The van der Waals surface area contributed by atoms with Crippen LogP contribution in [-0.4, -0.2) is 42.7 Å². The van der Waals surface area contributed by atoms with Gasteiger partial charge < -0.3 is 14.9 Å². The highest BCUT2D eigenvalue weighted by Gasteiger charge is 2.21. The minimum absolute atomic E-state index is 0.124. The minimum atomic E-state index is 0.124. The maximum Gasteiger partial charge on any atom is 0.0681 e. The van der Waals surface area contributed by atoms with Gasteiger partial charge in [0.2, 0.25) is 0 Å². The van der Waals surface area contributed by atoms with Crippen LogP contribution in [0.3, 0.4) is 0 Å². The van der Waals surface area contributed by atoms with Crippen molar-refractivity contribution in [2.45, 2.75) is 32.4 Å². The van der Waals surface area contributed by atoms with Crippen molar-refractivity contribution in [1.29, 1.82) is 0 Å². The molecular weight excluding hydrogens is 224 g/mol. The smallest absolute Gasteiger partial charge is 0.0681 e. The van der Waals surface area contributed by atoms with Gasteiger partial charge >= 0.3 is 0 Å². The number of hydrogen-bond acceptors (Lipinski definition) is 3. The second kappa shape index (κ2) is 6.21. The molecule has 1 N–H and O–H groups in total. The molecule has 0 unspecified atom stereocenters. The molecule has 0 radical (unpaired) electrons. The van der Waals surface area contributed by atoms with Crippen molar-refractivity contribution in [3.05, 3.63) is 29.8 Å². The number of benzene rings is 1. The van der Waals surface area contributed by atoms with Gasteiger partial charge in [0, 0.05) is 31.9 Å². The van der Waals surface area contributed by atoms with Crippen LogP contribution in [-0.2, 0) is 6.61 Å². The number of aliphatic hydroxyl groups excluding tert-OH is 1. The highest BCUT2D eigenvalue weighted by Crippen LogP contribution is 2.22. The van der Waals surface area contributed by atoms with Crippen LogP contribution in [0.15, 0.2) is 24.3 Å². The summed E-state index contributed by atoms with van der Waals surface area (Å²) in [4.78, 5) is 4.90. The van der Waals surface area contributed by atoms with Crippen LogP contribution in [0.1, 0.15) is 25.3 Å². The molecule has 0 aromatic heterocycles. The van der Waals surface area contributed by atoms with E-state index in [4.69, 9.17) is 5.11 Å². The summed E-state index contributed by atoms with van der Waals surface area (Å²) in [5.74, 6) is 0. The average molecular weight is 248 g/mol. The molecule has 1 aliphatic rings. The second-order valence-corrected chi connectivity index (χ2v) is 5.10. The van der Waals surface area contributed by atoms with Crippen LogP contribution in [0.4, 0.5) is 5.69 Å². The van der Waals surface area contributed by atoms with E-state index in [1.807, 2.05) is 12.1 Å². The lowest BCUT2D eigenvalue weighted by molar-refractivity contribution is 0.221. The van der Waals surface area contributed by atoms with Crippen molar-refractivity contribution in [1.82, 2.24) is 4.90 Å². The molecule has 1 heterocycles. The number of anilines is 1. The summed E-state index contributed by atoms with van der Waals surface area (Å²) >= 11 is 0. The Labute approximate surface area is 110 Å². The number of likely N-dealkylation sites (tertiary alicyclic amines) is 1. The van der Waals surface area contributed by atoms with Crippen molar-refractivity contribution in [2.24, 2.45) is 0 Å². The van der Waals surface area contributed by atoms with Crippen molar-refractivity contribution < 1.29 is 5.11 Å². The summed E-state index contributed by atoms with van der Waals surface area (Å²) in [5.41, 5.74) is 2.23. The number of aliphatic hydroxyl groups is 1. The van der Waals surface area contributed by atoms with E-state index in [2.05, 4.69) is 35.9 Å². The zero-order valence-corrected chi connectivity index (χ0v) is 11.5. The van der Waals surface area contributed by atoms with Gasteiger partial charge in [0.1, 0.15) is 0 Å². The predicted octanol–water partition coefficient (Wildman–Crippen LogP) is 2.10. The van der Waals surface area contributed by atoms with E-state index >= 15 is 0 Å². The lowest BCUT2D eigenvalue weighted by atomic mass is 10.0. The van der Waals surface area contributed by atoms with Crippen LogP contribution in [0.25, 0.3) is 0 Å². The lowest BCUT2D eigenvalue weighted by Crippen LogP contribution is -2.43. The summed E-state index contributed by atoms with van der Waals surface area (Å²) in [6.45, 7) is 5.94. The van der Waals surface area contributed by atoms with Gasteiger partial charge in [-0.2, -0.15) is 0 Å². The molecule has 0 aliphatic carbocycles. The Morgan fingerprint density at radius 1 is 1.22 bits per heavy atom. The number of hydrogen-bond donors (Lipinski definition) is 1. The standard InChI is InChI=1S/C15H24N2O/c1-3-17-10-8-15(9-11-17)16(2)14-6-4-13(12-18)5-7-14/h4-7,15,18H,3,8-12H2,1-2H3. The minimum Gasteiger partial charge on any atom is -0.392 e. The molecule has 1 aromatic carbocycles. The quantitative estimate of drug-likeness (QED) is 0.884. The van der Waals surface area contributed by atoms with Gasteiger partial charge in [-0.15, -0.1) is 0 Å². The van der Waals surface area contributed by atoms with Gasteiger partial charge in [0.15, 0.2) is 0 Å². The van der Waals surface area contributed by atoms with Crippen molar-refractivity contribution in [3.8, 4) is 0 Å². The van der Waals surface area contributed by atoms with Gasteiger partial charge in [-0.3, -0.25) is 0 Å². The largest absolute Gasteiger partial charge is 0.392 e. The molecule has 2 rings (SSSR count). The Bertz CT molecular complexity index is 355.